The van der Waals surface area contributed by atoms with Crippen LogP contribution in [0.1, 0.15) is 11.1 Å². The molecule has 22 heavy (non-hydrogen) atoms. The molecule has 0 fully saturated rings. The van der Waals surface area contributed by atoms with Gasteiger partial charge in [0.1, 0.15) is 5.40 Å². The molecule has 0 heterocycles. The number of benzene rings is 2. The van der Waals surface area contributed by atoms with Crippen molar-refractivity contribution in [3.05, 3.63) is 59.7 Å². The Bertz CT molecular complexity index is 677. The molecule has 2 amide bonds. The molecule has 0 bridgehead atoms. The fourth-order valence-electron chi connectivity index (χ4n) is 2.04. The summed E-state index contributed by atoms with van der Waals surface area (Å²) in [6.07, 6.45) is 0.803. The highest BCUT2D eigenvalue weighted by molar-refractivity contribution is 8.03. The van der Waals surface area contributed by atoms with Crippen molar-refractivity contribution < 1.29 is 4.79 Å². The van der Waals surface area contributed by atoms with E-state index < -0.39 is 0 Å². The van der Waals surface area contributed by atoms with E-state index in [0.717, 1.165) is 23.1 Å². The van der Waals surface area contributed by atoms with Crippen molar-refractivity contribution in [1.29, 1.82) is 5.26 Å². The minimum Gasteiger partial charge on any atom is -0.338 e. The zero-order chi connectivity index (χ0) is 15.8. The largest absolute Gasteiger partial charge is 0.338 e. The van der Waals surface area contributed by atoms with Crippen LogP contribution in [0.25, 0.3) is 0 Å². The standard InChI is InChI=1S/C17H17N3OS/c1-13-4-2-3-5-14(13)10-11-19-17(21)20-15-6-8-16(9-7-15)22-12-18/h2-9H,10-11H2,1H3,(H2,19,20,21). The van der Waals surface area contributed by atoms with Crippen molar-refractivity contribution in [3.63, 3.8) is 0 Å². The summed E-state index contributed by atoms with van der Waals surface area (Å²) in [5.41, 5.74) is 3.17. The Morgan fingerprint density at radius 1 is 1.18 bits per heavy atom. The second-order valence-electron chi connectivity index (χ2n) is 4.78. The molecule has 0 unspecified atom stereocenters. The number of carbonyl (C=O) groups excluding carboxylic acids is 1. The van der Waals surface area contributed by atoms with E-state index in [1.165, 1.54) is 11.1 Å². The van der Waals surface area contributed by atoms with E-state index in [1.807, 2.05) is 17.5 Å². The summed E-state index contributed by atoms with van der Waals surface area (Å²) in [7, 11) is 0. The fourth-order valence-corrected chi connectivity index (χ4v) is 2.41. The zero-order valence-corrected chi connectivity index (χ0v) is 13.1. The molecule has 0 saturated carbocycles. The van der Waals surface area contributed by atoms with E-state index >= 15 is 0 Å². The summed E-state index contributed by atoms with van der Waals surface area (Å²) in [4.78, 5) is 12.7. The lowest BCUT2D eigenvalue weighted by molar-refractivity contribution is 0.252. The quantitative estimate of drug-likeness (QED) is 0.649. The molecule has 0 atom stereocenters. The summed E-state index contributed by atoms with van der Waals surface area (Å²) in [5.74, 6) is 0. The Labute approximate surface area is 134 Å². The average molecular weight is 311 g/mol. The first kappa shape index (κ1) is 15.9. The maximum atomic E-state index is 11.8. The van der Waals surface area contributed by atoms with Gasteiger partial charge in [0, 0.05) is 17.1 Å². The maximum Gasteiger partial charge on any atom is 0.319 e. The molecule has 0 spiro atoms. The second kappa shape index (κ2) is 8.11. The first-order valence-corrected chi connectivity index (χ1v) is 7.76. The predicted octanol–water partition coefficient (Wildman–Crippen LogP) is 3.93. The van der Waals surface area contributed by atoms with Gasteiger partial charge < -0.3 is 10.6 Å². The highest BCUT2D eigenvalue weighted by Gasteiger charge is 2.02. The van der Waals surface area contributed by atoms with E-state index in [-0.39, 0.29) is 6.03 Å². The van der Waals surface area contributed by atoms with E-state index in [4.69, 9.17) is 5.26 Å². The molecule has 112 valence electrons. The fraction of sp³-hybridized carbons (Fsp3) is 0.176. The zero-order valence-electron chi connectivity index (χ0n) is 12.3. The third-order valence-electron chi connectivity index (χ3n) is 3.22. The number of nitrogens with one attached hydrogen (secondary N) is 2. The van der Waals surface area contributed by atoms with Crippen LogP contribution in [0.3, 0.4) is 0 Å². The Kier molecular flexibility index (Phi) is 5.87. The first-order chi connectivity index (χ1) is 10.7. The molecule has 5 heteroatoms. The summed E-state index contributed by atoms with van der Waals surface area (Å²) in [5, 5.41) is 16.2. The summed E-state index contributed by atoms with van der Waals surface area (Å²) >= 11 is 1.09. The van der Waals surface area contributed by atoms with E-state index in [2.05, 4.69) is 29.7 Å². The van der Waals surface area contributed by atoms with Crippen LogP contribution in [0.2, 0.25) is 0 Å². The summed E-state index contributed by atoms with van der Waals surface area (Å²) in [6.45, 7) is 2.65. The first-order valence-electron chi connectivity index (χ1n) is 6.94. The van der Waals surface area contributed by atoms with Gasteiger partial charge in [0.25, 0.3) is 0 Å². The number of hydrogen-bond acceptors (Lipinski definition) is 3. The number of carbonyl (C=O) groups is 1. The molecule has 2 rings (SSSR count). The van der Waals surface area contributed by atoms with Crippen LogP contribution in [0.15, 0.2) is 53.4 Å². The normalized spacial score (nSPS) is 9.82. The lowest BCUT2D eigenvalue weighted by Crippen LogP contribution is -2.30. The van der Waals surface area contributed by atoms with Gasteiger partial charge in [-0.15, -0.1) is 0 Å². The minimum atomic E-state index is -0.228. The number of thiocyanates is 1. The van der Waals surface area contributed by atoms with E-state index in [9.17, 15) is 4.79 Å². The third-order valence-corrected chi connectivity index (χ3v) is 3.82. The molecule has 2 aromatic rings. The van der Waals surface area contributed by atoms with Crippen LogP contribution in [0.5, 0.6) is 0 Å². The number of thioether (sulfide) groups is 1. The van der Waals surface area contributed by atoms with Crippen LogP contribution < -0.4 is 10.6 Å². The molecule has 0 radical (unpaired) electrons. The minimum absolute atomic E-state index is 0.228. The van der Waals surface area contributed by atoms with Crippen LogP contribution >= 0.6 is 11.8 Å². The lowest BCUT2D eigenvalue weighted by Gasteiger charge is -2.09. The van der Waals surface area contributed by atoms with Crippen molar-refractivity contribution in [3.8, 4) is 5.40 Å². The number of aryl methyl sites for hydroxylation is 1. The number of amides is 2. The van der Waals surface area contributed by atoms with Crippen molar-refractivity contribution >= 4 is 23.5 Å². The van der Waals surface area contributed by atoms with Gasteiger partial charge in [0.05, 0.1) is 0 Å². The van der Waals surface area contributed by atoms with Crippen LogP contribution in [-0.4, -0.2) is 12.6 Å². The van der Waals surface area contributed by atoms with Crippen molar-refractivity contribution in [2.45, 2.75) is 18.2 Å². The maximum absolute atomic E-state index is 11.8. The predicted molar refractivity (Wildman–Crippen MR) is 89.8 cm³/mol. The Morgan fingerprint density at radius 3 is 2.59 bits per heavy atom. The number of urea groups is 1. The molecule has 0 aliphatic heterocycles. The number of nitriles is 1. The Morgan fingerprint density at radius 2 is 1.91 bits per heavy atom. The van der Waals surface area contributed by atoms with Gasteiger partial charge in [-0.2, -0.15) is 5.26 Å². The number of hydrogen-bond donors (Lipinski definition) is 2. The van der Waals surface area contributed by atoms with E-state index in [0.29, 0.717) is 12.2 Å². The molecular formula is C17H17N3OS. The molecule has 4 nitrogen and oxygen atoms in total. The van der Waals surface area contributed by atoms with Crippen molar-refractivity contribution in [2.75, 3.05) is 11.9 Å². The molecule has 0 aromatic heterocycles. The van der Waals surface area contributed by atoms with Crippen molar-refractivity contribution in [2.24, 2.45) is 0 Å². The second-order valence-corrected chi connectivity index (χ2v) is 5.63. The Balaban J connectivity index is 1.78. The van der Waals surface area contributed by atoms with Crippen LogP contribution in [-0.2, 0) is 6.42 Å². The van der Waals surface area contributed by atoms with Gasteiger partial charge >= 0.3 is 6.03 Å². The highest BCUT2D eigenvalue weighted by atomic mass is 32.2. The highest BCUT2D eigenvalue weighted by Crippen LogP contribution is 2.18. The Hall–Kier alpha value is -2.45. The van der Waals surface area contributed by atoms with Gasteiger partial charge in [-0.1, -0.05) is 24.3 Å². The van der Waals surface area contributed by atoms with E-state index in [1.54, 1.807) is 24.3 Å². The average Bonchev–Trinajstić information content (AvgIpc) is 2.51. The van der Waals surface area contributed by atoms with Gasteiger partial charge in [-0.25, -0.2) is 4.79 Å². The van der Waals surface area contributed by atoms with Crippen LogP contribution in [0.4, 0.5) is 10.5 Å². The topological polar surface area (TPSA) is 64.9 Å². The van der Waals surface area contributed by atoms with Gasteiger partial charge in [-0.3, -0.25) is 0 Å². The summed E-state index contributed by atoms with van der Waals surface area (Å²) < 4.78 is 0. The van der Waals surface area contributed by atoms with Crippen LogP contribution in [0, 0.1) is 17.6 Å². The van der Waals surface area contributed by atoms with Gasteiger partial charge in [0.15, 0.2) is 0 Å². The molecular weight excluding hydrogens is 294 g/mol. The molecule has 2 N–H and O–H groups in total. The molecule has 0 saturated heterocycles. The van der Waals surface area contributed by atoms with Crippen molar-refractivity contribution in [1.82, 2.24) is 5.32 Å². The monoisotopic (exact) mass is 311 g/mol. The number of anilines is 1. The summed E-state index contributed by atoms with van der Waals surface area (Å²) in [6, 6.07) is 15.1. The molecule has 0 aliphatic rings. The SMILES string of the molecule is Cc1ccccc1CCNC(=O)Nc1ccc(SC#N)cc1. The lowest BCUT2D eigenvalue weighted by atomic mass is 10.1. The third kappa shape index (κ3) is 4.83. The molecule has 0 aliphatic carbocycles. The van der Waals surface area contributed by atoms with Gasteiger partial charge in [0.2, 0.25) is 0 Å². The van der Waals surface area contributed by atoms with Gasteiger partial charge in [-0.05, 0) is 60.5 Å². The smallest absolute Gasteiger partial charge is 0.319 e. The number of nitrogens with zero attached hydrogens (tertiary/aromatic N) is 1. The number of rotatable bonds is 5. The molecule has 2 aromatic carbocycles.